The zero-order valence-electron chi connectivity index (χ0n) is 17.9. The van der Waals surface area contributed by atoms with E-state index in [1.165, 1.54) is 0 Å². The Morgan fingerprint density at radius 3 is 1.78 bits per heavy atom. The molecule has 0 saturated carbocycles. The largest absolute Gasteiger partial charge is 0.481 e. The average molecular weight is 461 g/mol. The Balaban J connectivity index is 5.28. The molecule has 0 aliphatic carbocycles. The summed E-state index contributed by atoms with van der Waals surface area (Å²) in [7, 11) is 0. The van der Waals surface area contributed by atoms with Crippen LogP contribution in [0.2, 0.25) is 0 Å². The van der Waals surface area contributed by atoms with Crippen LogP contribution in [0.4, 0.5) is 0 Å². The lowest BCUT2D eigenvalue weighted by Gasteiger charge is -2.25. The molecule has 14 nitrogen and oxygen atoms in total. The van der Waals surface area contributed by atoms with Gasteiger partial charge >= 0.3 is 11.9 Å². The maximum Gasteiger partial charge on any atom is 0.326 e. The minimum Gasteiger partial charge on any atom is -0.481 e. The molecule has 4 atom stereocenters. The maximum atomic E-state index is 12.6. The first-order valence-corrected chi connectivity index (χ1v) is 9.78. The highest BCUT2D eigenvalue weighted by atomic mass is 16.4. The number of hydrogen-bond acceptors (Lipinski definition) is 8. The number of aliphatic hydroxyl groups excluding tert-OH is 1. The van der Waals surface area contributed by atoms with Crippen molar-refractivity contribution < 1.29 is 44.1 Å². The van der Waals surface area contributed by atoms with Gasteiger partial charge in [0.2, 0.25) is 23.6 Å². The Labute approximate surface area is 184 Å². The Hall–Kier alpha value is -3.26. The predicted octanol–water partition coefficient (Wildman–Crippen LogP) is -3.37. The molecule has 0 aromatic heterocycles. The fourth-order valence-corrected chi connectivity index (χ4v) is 2.55. The van der Waals surface area contributed by atoms with E-state index >= 15 is 0 Å². The van der Waals surface area contributed by atoms with Gasteiger partial charge in [0.25, 0.3) is 0 Å². The van der Waals surface area contributed by atoms with E-state index in [0.717, 1.165) is 0 Å². The topological polar surface area (TPSA) is 251 Å². The number of carboxylic acid groups (broad SMARTS) is 2. The zero-order valence-corrected chi connectivity index (χ0v) is 17.9. The molecule has 0 aliphatic heterocycles. The first-order valence-electron chi connectivity index (χ1n) is 9.78. The highest BCUT2D eigenvalue weighted by molar-refractivity contribution is 5.94. The molecule has 4 unspecified atom stereocenters. The number of nitrogens with two attached hydrogens (primary N) is 2. The summed E-state index contributed by atoms with van der Waals surface area (Å²) in [5.74, 6) is -6.42. The van der Waals surface area contributed by atoms with Crippen molar-refractivity contribution in [2.75, 3.05) is 6.61 Å². The number of amides is 4. The summed E-state index contributed by atoms with van der Waals surface area (Å²) in [6.07, 6.45) is -1.15. The van der Waals surface area contributed by atoms with E-state index in [1.54, 1.807) is 13.8 Å². The Morgan fingerprint density at radius 1 is 0.844 bits per heavy atom. The van der Waals surface area contributed by atoms with Crippen molar-refractivity contribution in [1.82, 2.24) is 16.0 Å². The lowest BCUT2D eigenvalue weighted by molar-refractivity contribution is -0.142. The van der Waals surface area contributed by atoms with Crippen LogP contribution >= 0.6 is 0 Å². The first-order chi connectivity index (χ1) is 14.8. The van der Waals surface area contributed by atoms with Gasteiger partial charge in [-0.3, -0.25) is 24.0 Å². The third-order valence-corrected chi connectivity index (χ3v) is 4.18. The van der Waals surface area contributed by atoms with Gasteiger partial charge < -0.3 is 42.7 Å². The minimum atomic E-state index is -1.53. The molecule has 14 heteroatoms. The quantitative estimate of drug-likeness (QED) is 0.120. The average Bonchev–Trinajstić information content (AvgIpc) is 2.66. The third kappa shape index (κ3) is 11.2. The number of aliphatic carboxylic acids is 2. The molecular formula is C18H31N5O9. The van der Waals surface area contributed by atoms with Gasteiger partial charge in [0.15, 0.2) is 0 Å². The molecule has 10 N–H and O–H groups in total. The molecule has 0 fully saturated rings. The second kappa shape index (κ2) is 13.9. The Kier molecular flexibility index (Phi) is 12.5. The summed E-state index contributed by atoms with van der Waals surface area (Å²) in [4.78, 5) is 69.9. The molecule has 0 aromatic carbocycles. The van der Waals surface area contributed by atoms with Crippen LogP contribution in [0.3, 0.4) is 0 Å². The van der Waals surface area contributed by atoms with E-state index in [2.05, 4.69) is 16.0 Å². The molecule has 0 aliphatic rings. The SMILES string of the molecule is CC(C)CC(NC(=O)C(CO)NC(=O)C(N)CC(=O)O)C(=O)NC(CCC(N)=O)C(=O)O. The van der Waals surface area contributed by atoms with Crippen molar-refractivity contribution in [1.29, 1.82) is 0 Å². The highest BCUT2D eigenvalue weighted by Crippen LogP contribution is 2.07. The summed E-state index contributed by atoms with van der Waals surface area (Å²) in [6.45, 7) is 2.61. The van der Waals surface area contributed by atoms with Crippen LogP contribution in [-0.4, -0.2) is 81.7 Å². The van der Waals surface area contributed by atoms with Crippen molar-refractivity contribution in [2.45, 2.75) is 63.7 Å². The van der Waals surface area contributed by atoms with Crippen molar-refractivity contribution >= 4 is 35.6 Å². The van der Waals surface area contributed by atoms with Crippen molar-refractivity contribution in [3.05, 3.63) is 0 Å². The monoisotopic (exact) mass is 461 g/mol. The van der Waals surface area contributed by atoms with E-state index < -0.39 is 72.8 Å². The van der Waals surface area contributed by atoms with Crippen LogP contribution < -0.4 is 27.4 Å². The first kappa shape index (κ1) is 28.7. The van der Waals surface area contributed by atoms with Crippen LogP contribution in [0, 0.1) is 5.92 Å². The number of rotatable bonds is 15. The van der Waals surface area contributed by atoms with Crippen LogP contribution in [0.15, 0.2) is 0 Å². The fourth-order valence-electron chi connectivity index (χ4n) is 2.55. The Bertz CT molecular complexity index is 713. The van der Waals surface area contributed by atoms with E-state index in [0.29, 0.717) is 0 Å². The lowest BCUT2D eigenvalue weighted by atomic mass is 10.0. The van der Waals surface area contributed by atoms with E-state index in [-0.39, 0.29) is 25.2 Å². The van der Waals surface area contributed by atoms with E-state index in [1.807, 2.05) is 0 Å². The van der Waals surface area contributed by atoms with Crippen LogP contribution in [0.25, 0.3) is 0 Å². The second-order valence-corrected chi connectivity index (χ2v) is 7.54. The maximum absolute atomic E-state index is 12.6. The molecule has 32 heavy (non-hydrogen) atoms. The number of nitrogens with one attached hydrogen (secondary N) is 3. The van der Waals surface area contributed by atoms with Gasteiger partial charge in [-0.05, 0) is 18.8 Å². The molecule has 0 spiro atoms. The van der Waals surface area contributed by atoms with Gasteiger partial charge in [-0.15, -0.1) is 0 Å². The molecule has 0 aromatic rings. The predicted molar refractivity (Wildman–Crippen MR) is 109 cm³/mol. The molecule has 0 radical (unpaired) electrons. The smallest absolute Gasteiger partial charge is 0.326 e. The van der Waals surface area contributed by atoms with Gasteiger partial charge in [0.05, 0.1) is 19.1 Å². The second-order valence-electron chi connectivity index (χ2n) is 7.54. The number of hydrogen-bond donors (Lipinski definition) is 8. The molecule has 0 bridgehead atoms. The number of carbonyl (C=O) groups is 6. The van der Waals surface area contributed by atoms with Gasteiger partial charge in [-0.1, -0.05) is 13.8 Å². The normalized spacial score (nSPS) is 14.5. The molecule has 0 saturated heterocycles. The van der Waals surface area contributed by atoms with Gasteiger partial charge in [0, 0.05) is 6.42 Å². The third-order valence-electron chi connectivity index (χ3n) is 4.18. The number of primary amides is 1. The molecular weight excluding hydrogens is 430 g/mol. The lowest BCUT2D eigenvalue weighted by Crippen LogP contribution is -2.58. The van der Waals surface area contributed by atoms with Crippen LogP contribution in [0.5, 0.6) is 0 Å². The summed E-state index contributed by atoms with van der Waals surface area (Å²) >= 11 is 0. The van der Waals surface area contributed by atoms with Crippen molar-refractivity contribution in [3.63, 3.8) is 0 Å². The highest BCUT2D eigenvalue weighted by Gasteiger charge is 2.30. The fraction of sp³-hybridized carbons (Fsp3) is 0.667. The standard InChI is InChI=1S/C18H31N5O9/c1-8(2)5-11(16(29)21-10(18(31)32)3-4-13(20)25)22-17(30)12(7-24)23-15(28)9(19)6-14(26)27/h8-12,24H,3-7,19H2,1-2H3,(H2,20,25)(H,21,29)(H,22,30)(H,23,28)(H,26,27)(H,31,32). The molecule has 0 rings (SSSR count). The molecule has 0 heterocycles. The van der Waals surface area contributed by atoms with Crippen molar-refractivity contribution in [2.24, 2.45) is 17.4 Å². The van der Waals surface area contributed by atoms with E-state index in [4.69, 9.17) is 16.6 Å². The summed E-state index contributed by atoms with van der Waals surface area (Å²) in [6, 6.07) is -5.65. The number of carbonyl (C=O) groups excluding carboxylic acids is 4. The summed E-state index contributed by atoms with van der Waals surface area (Å²) in [5, 5.41) is 34.0. The molecule has 182 valence electrons. The van der Waals surface area contributed by atoms with Gasteiger partial charge in [-0.25, -0.2) is 4.79 Å². The summed E-state index contributed by atoms with van der Waals surface area (Å²) < 4.78 is 0. The van der Waals surface area contributed by atoms with Crippen LogP contribution in [-0.2, 0) is 28.8 Å². The van der Waals surface area contributed by atoms with Crippen molar-refractivity contribution in [3.8, 4) is 0 Å². The van der Waals surface area contributed by atoms with Gasteiger partial charge in [-0.2, -0.15) is 0 Å². The van der Waals surface area contributed by atoms with E-state index in [9.17, 15) is 39.0 Å². The summed E-state index contributed by atoms with van der Waals surface area (Å²) in [5.41, 5.74) is 10.4. The van der Waals surface area contributed by atoms with Crippen LogP contribution in [0.1, 0.15) is 39.5 Å². The van der Waals surface area contributed by atoms with Gasteiger partial charge in [0.1, 0.15) is 18.1 Å². The number of carboxylic acids is 2. The minimum absolute atomic E-state index is 0.0877. The Morgan fingerprint density at radius 2 is 1.34 bits per heavy atom. The molecule has 4 amide bonds. The zero-order chi connectivity index (χ0) is 25.0. The number of aliphatic hydroxyl groups is 1.